The molecule has 0 amide bonds. The average Bonchev–Trinajstić information content (AvgIpc) is 2.18. The molecule has 0 fully saturated rings. The highest BCUT2D eigenvalue weighted by molar-refractivity contribution is 5.90. The molecule has 0 aromatic heterocycles. The molecule has 1 aromatic rings. The number of hydrogen-bond donors (Lipinski definition) is 3. The van der Waals surface area contributed by atoms with Gasteiger partial charge in [0.2, 0.25) is 0 Å². The molecule has 3 N–H and O–H groups in total. The molecule has 0 bridgehead atoms. The van der Waals surface area contributed by atoms with Crippen LogP contribution in [0.4, 0.5) is 0 Å². The highest BCUT2D eigenvalue weighted by Gasteiger charge is 2.19. The molecular weight excluding hydrogens is 182 g/mol. The zero-order valence-electron chi connectivity index (χ0n) is 7.58. The Labute approximate surface area is 81.2 Å². The molecule has 2 rings (SSSR count). The van der Waals surface area contributed by atoms with Crippen molar-refractivity contribution < 1.29 is 15.0 Å². The largest absolute Gasteiger partial charge is 0.508 e. The first-order valence-corrected chi connectivity index (χ1v) is 4.48. The van der Waals surface area contributed by atoms with Gasteiger partial charge in [-0.2, -0.15) is 0 Å². The van der Waals surface area contributed by atoms with Crippen LogP contribution in [-0.2, 0) is 13.0 Å². The van der Waals surface area contributed by atoms with Crippen molar-refractivity contribution in [3.8, 4) is 5.75 Å². The molecule has 74 valence electrons. The van der Waals surface area contributed by atoms with Crippen LogP contribution in [0.25, 0.3) is 0 Å². The fraction of sp³-hybridized carbons (Fsp3) is 0.300. The van der Waals surface area contributed by atoms with Crippen molar-refractivity contribution in [1.82, 2.24) is 5.32 Å². The first kappa shape index (κ1) is 9.02. The van der Waals surface area contributed by atoms with Crippen molar-refractivity contribution in [1.29, 1.82) is 0 Å². The molecule has 0 unspecified atom stereocenters. The molecule has 0 radical (unpaired) electrons. The summed E-state index contributed by atoms with van der Waals surface area (Å²) in [5.41, 5.74) is 1.78. The minimum absolute atomic E-state index is 0.178. The maximum absolute atomic E-state index is 10.9. The number of phenolic OH excluding ortho intramolecular Hbond substituents is 1. The Bertz CT molecular complexity index is 387. The Morgan fingerprint density at radius 2 is 2.14 bits per heavy atom. The van der Waals surface area contributed by atoms with Crippen molar-refractivity contribution >= 4 is 5.97 Å². The standard InChI is InChI=1S/C10H11NO3/c12-9-2-1-7(10(13)14)6-3-4-11-5-8(6)9/h1-2,11-12H,3-5H2,(H,13,14). The number of nitrogens with one attached hydrogen (secondary N) is 1. The number of phenols is 1. The Hall–Kier alpha value is -1.55. The van der Waals surface area contributed by atoms with Gasteiger partial charge in [0, 0.05) is 12.1 Å². The van der Waals surface area contributed by atoms with Crippen LogP contribution >= 0.6 is 0 Å². The number of fused-ring (bicyclic) bond motifs is 1. The quantitative estimate of drug-likeness (QED) is 0.615. The van der Waals surface area contributed by atoms with Gasteiger partial charge in [-0.25, -0.2) is 4.79 Å². The fourth-order valence-electron chi connectivity index (χ4n) is 1.79. The van der Waals surface area contributed by atoms with Gasteiger partial charge in [-0.15, -0.1) is 0 Å². The molecule has 0 saturated heterocycles. The molecule has 1 aliphatic rings. The molecule has 0 aliphatic carbocycles. The number of aromatic carboxylic acids is 1. The molecule has 1 aliphatic heterocycles. The van der Waals surface area contributed by atoms with E-state index in [9.17, 15) is 9.90 Å². The molecule has 0 saturated carbocycles. The number of aromatic hydroxyl groups is 1. The van der Waals surface area contributed by atoms with Crippen molar-refractivity contribution in [3.05, 3.63) is 28.8 Å². The third-order valence-corrected chi connectivity index (χ3v) is 2.49. The Balaban J connectivity index is 2.59. The Morgan fingerprint density at radius 3 is 2.86 bits per heavy atom. The molecule has 14 heavy (non-hydrogen) atoms. The zero-order chi connectivity index (χ0) is 10.1. The zero-order valence-corrected chi connectivity index (χ0v) is 7.58. The lowest BCUT2D eigenvalue weighted by Gasteiger charge is -2.19. The summed E-state index contributed by atoms with van der Waals surface area (Å²) >= 11 is 0. The topological polar surface area (TPSA) is 69.6 Å². The van der Waals surface area contributed by atoms with Crippen LogP contribution < -0.4 is 5.32 Å². The summed E-state index contributed by atoms with van der Waals surface area (Å²) in [7, 11) is 0. The summed E-state index contributed by atoms with van der Waals surface area (Å²) in [6, 6.07) is 2.90. The summed E-state index contributed by atoms with van der Waals surface area (Å²) in [6.45, 7) is 1.30. The van der Waals surface area contributed by atoms with E-state index in [4.69, 9.17) is 5.11 Å². The summed E-state index contributed by atoms with van der Waals surface area (Å²) in [4.78, 5) is 10.9. The number of benzene rings is 1. The van der Waals surface area contributed by atoms with E-state index in [1.807, 2.05) is 0 Å². The first-order chi connectivity index (χ1) is 6.70. The number of rotatable bonds is 1. The molecule has 1 aromatic carbocycles. The molecule has 4 nitrogen and oxygen atoms in total. The smallest absolute Gasteiger partial charge is 0.335 e. The number of carboxylic acid groups (broad SMARTS) is 1. The van der Waals surface area contributed by atoms with Gasteiger partial charge in [-0.1, -0.05) is 0 Å². The predicted molar refractivity (Wildman–Crippen MR) is 50.5 cm³/mol. The van der Waals surface area contributed by atoms with Gasteiger partial charge in [0.25, 0.3) is 0 Å². The predicted octanol–water partition coefficient (Wildman–Crippen LogP) is 0.736. The minimum Gasteiger partial charge on any atom is -0.508 e. The van der Waals surface area contributed by atoms with Crippen LogP contribution in [0.2, 0.25) is 0 Å². The van der Waals surface area contributed by atoms with E-state index >= 15 is 0 Å². The number of hydrogen-bond acceptors (Lipinski definition) is 3. The Morgan fingerprint density at radius 1 is 1.36 bits per heavy atom. The highest BCUT2D eigenvalue weighted by Crippen LogP contribution is 2.27. The van der Waals surface area contributed by atoms with Crippen LogP contribution in [0.1, 0.15) is 21.5 Å². The Kier molecular flexibility index (Phi) is 2.13. The van der Waals surface area contributed by atoms with E-state index in [2.05, 4.69) is 5.32 Å². The molecule has 0 atom stereocenters. The third-order valence-electron chi connectivity index (χ3n) is 2.49. The molecule has 4 heteroatoms. The normalized spacial score (nSPS) is 14.9. The summed E-state index contributed by atoms with van der Waals surface area (Å²) in [5, 5.41) is 21.6. The lowest BCUT2D eigenvalue weighted by molar-refractivity contribution is 0.0695. The van der Waals surface area contributed by atoms with Gasteiger partial charge in [-0.05, 0) is 30.7 Å². The molecule has 1 heterocycles. The second kappa shape index (κ2) is 3.31. The maximum atomic E-state index is 10.9. The molecular formula is C10H11NO3. The van der Waals surface area contributed by atoms with Gasteiger partial charge in [-0.3, -0.25) is 0 Å². The monoisotopic (exact) mass is 193 g/mol. The summed E-state index contributed by atoms with van der Waals surface area (Å²) in [5.74, 6) is -0.750. The van der Waals surface area contributed by atoms with Gasteiger partial charge >= 0.3 is 5.97 Å². The van der Waals surface area contributed by atoms with Crippen LogP contribution in [0.3, 0.4) is 0 Å². The molecule has 0 spiro atoms. The number of carbonyl (C=O) groups is 1. The second-order valence-electron chi connectivity index (χ2n) is 3.32. The average molecular weight is 193 g/mol. The van der Waals surface area contributed by atoms with Gasteiger partial charge < -0.3 is 15.5 Å². The lowest BCUT2D eigenvalue weighted by Crippen LogP contribution is -2.25. The van der Waals surface area contributed by atoms with Crippen molar-refractivity contribution in [2.24, 2.45) is 0 Å². The van der Waals surface area contributed by atoms with Crippen LogP contribution in [0.15, 0.2) is 12.1 Å². The van der Waals surface area contributed by atoms with E-state index in [0.29, 0.717) is 18.5 Å². The van der Waals surface area contributed by atoms with Crippen molar-refractivity contribution in [2.75, 3.05) is 6.54 Å². The lowest BCUT2D eigenvalue weighted by atomic mass is 9.95. The van der Waals surface area contributed by atoms with Gasteiger partial charge in [0.1, 0.15) is 5.75 Å². The highest BCUT2D eigenvalue weighted by atomic mass is 16.4. The van der Waals surface area contributed by atoms with Gasteiger partial charge in [0.15, 0.2) is 0 Å². The van der Waals surface area contributed by atoms with E-state index in [0.717, 1.165) is 17.7 Å². The first-order valence-electron chi connectivity index (χ1n) is 4.48. The van der Waals surface area contributed by atoms with Gasteiger partial charge in [0.05, 0.1) is 5.56 Å². The summed E-state index contributed by atoms with van der Waals surface area (Å²) < 4.78 is 0. The summed E-state index contributed by atoms with van der Waals surface area (Å²) in [6.07, 6.45) is 0.658. The van der Waals surface area contributed by atoms with E-state index in [1.165, 1.54) is 12.1 Å². The SMILES string of the molecule is O=C(O)c1ccc(O)c2c1CCNC2. The van der Waals surface area contributed by atoms with Crippen LogP contribution in [0.5, 0.6) is 5.75 Å². The fourth-order valence-corrected chi connectivity index (χ4v) is 1.79. The second-order valence-corrected chi connectivity index (χ2v) is 3.32. The number of carboxylic acids is 1. The van der Waals surface area contributed by atoms with E-state index in [-0.39, 0.29) is 5.75 Å². The van der Waals surface area contributed by atoms with E-state index < -0.39 is 5.97 Å². The third kappa shape index (κ3) is 1.33. The van der Waals surface area contributed by atoms with E-state index in [1.54, 1.807) is 0 Å². The van der Waals surface area contributed by atoms with Crippen LogP contribution in [0, 0.1) is 0 Å². The minimum atomic E-state index is -0.928. The van der Waals surface area contributed by atoms with Crippen molar-refractivity contribution in [3.63, 3.8) is 0 Å². The van der Waals surface area contributed by atoms with Crippen molar-refractivity contribution in [2.45, 2.75) is 13.0 Å². The maximum Gasteiger partial charge on any atom is 0.335 e. The van der Waals surface area contributed by atoms with Crippen LogP contribution in [-0.4, -0.2) is 22.7 Å².